The molecule has 0 bridgehead atoms. The summed E-state index contributed by atoms with van der Waals surface area (Å²) in [4.78, 5) is 44.8. The van der Waals surface area contributed by atoms with Crippen LogP contribution in [0.25, 0.3) is 11.2 Å². The molecule has 3 aliphatic rings. The second-order valence-corrected chi connectivity index (χ2v) is 14.8. The topological polar surface area (TPSA) is 173 Å². The molecule has 2 aliphatic heterocycles. The van der Waals surface area contributed by atoms with Gasteiger partial charge in [0.25, 0.3) is 0 Å². The summed E-state index contributed by atoms with van der Waals surface area (Å²) in [5.41, 5.74) is 3.35. The van der Waals surface area contributed by atoms with Gasteiger partial charge in [0.15, 0.2) is 17.0 Å². The lowest BCUT2D eigenvalue weighted by atomic mass is 9.91. The van der Waals surface area contributed by atoms with Crippen molar-refractivity contribution >= 4 is 34.7 Å². The standard InChI is InChI=1S/C40H54N10O4/c51-34-31(45-39(54)38(53)41-17-23-48-19-9-3-10-20-48)25-32(35(34)52)50-27-44-33-36(46-40(47-37(33)50)42-18-24-49-21-11-4-12-22-49)43-26-30(28-13-5-1-6-14-28)29-15-7-2-8-16-29/h1-2,5-8,13-16,27,30-32,34-35,51-52H,3-4,9-12,17-26H2,(H,41,53)(H,45,54)(H2,42,43,46,47)/t31-,32?,34+,35-/m0/s1. The number of nitrogens with zero attached hydrogens (tertiary/aromatic N) is 6. The van der Waals surface area contributed by atoms with Crippen molar-refractivity contribution in [3.8, 4) is 0 Å². The number of likely N-dealkylation sites (tertiary alicyclic amines) is 2. The van der Waals surface area contributed by atoms with Crippen LogP contribution in [-0.2, 0) is 9.59 Å². The highest BCUT2D eigenvalue weighted by atomic mass is 16.3. The maximum absolute atomic E-state index is 12.9. The molecule has 4 aromatic rings. The van der Waals surface area contributed by atoms with Gasteiger partial charge in [-0.25, -0.2) is 4.98 Å². The summed E-state index contributed by atoms with van der Waals surface area (Å²) in [5, 5.41) is 34.8. The minimum Gasteiger partial charge on any atom is -0.388 e. The third-order valence-corrected chi connectivity index (χ3v) is 11.2. The number of imidazole rings is 1. The number of aromatic nitrogens is 4. The van der Waals surface area contributed by atoms with Gasteiger partial charge in [-0.05, 0) is 69.4 Å². The highest BCUT2D eigenvalue weighted by molar-refractivity contribution is 6.35. The molecule has 6 N–H and O–H groups in total. The number of aliphatic hydroxyl groups excluding tert-OH is 2. The third-order valence-electron chi connectivity index (χ3n) is 11.2. The van der Waals surface area contributed by atoms with Crippen LogP contribution in [0.1, 0.15) is 68.0 Å². The van der Waals surface area contributed by atoms with Crippen molar-refractivity contribution < 1.29 is 19.8 Å². The number of fused-ring (bicyclic) bond motifs is 1. The van der Waals surface area contributed by atoms with Crippen LogP contribution in [0.15, 0.2) is 67.0 Å². The van der Waals surface area contributed by atoms with E-state index >= 15 is 0 Å². The highest BCUT2D eigenvalue weighted by Crippen LogP contribution is 2.35. The van der Waals surface area contributed by atoms with Gasteiger partial charge in [-0.15, -0.1) is 0 Å². The molecule has 1 saturated carbocycles. The number of hydrogen-bond acceptors (Lipinski definition) is 11. The number of benzene rings is 2. The molecule has 2 aromatic heterocycles. The van der Waals surface area contributed by atoms with Crippen molar-refractivity contribution in [3.05, 3.63) is 78.1 Å². The zero-order valence-corrected chi connectivity index (χ0v) is 30.9. The molecule has 2 aromatic carbocycles. The first-order chi connectivity index (χ1) is 26.4. The zero-order chi connectivity index (χ0) is 37.3. The monoisotopic (exact) mass is 738 g/mol. The Bertz CT molecular complexity index is 1770. The zero-order valence-electron chi connectivity index (χ0n) is 30.9. The Morgan fingerprint density at radius 3 is 1.98 bits per heavy atom. The molecule has 288 valence electrons. The Kier molecular flexibility index (Phi) is 12.7. The maximum atomic E-state index is 12.9. The van der Waals surface area contributed by atoms with Crippen molar-refractivity contribution in [2.24, 2.45) is 0 Å². The van der Waals surface area contributed by atoms with Crippen molar-refractivity contribution in [2.75, 3.05) is 69.5 Å². The van der Waals surface area contributed by atoms with E-state index in [0.29, 0.717) is 49.1 Å². The fourth-order valence-electron chi connectivity index (χ4n) is 8.12. The lowest BCUT2D eigenvalue weighted by molar-refractivity contribution is -0.140. The maximum Gasteiger partial charge on any atom is 0.309 e. The van der Waals surface area contributed by atoms with Crippen LogP contribution in [0.4, 0.5) is 11.8 Å². The minimum absolute atomic E-state index is 0.0353. The molecule has 0 radical (unpaired) electrons. The summed E-state index contributed by atoms with van der Waals surface area (Å²) in [7, 11) is 0. The number of rotatable bonds is 14. The van der Waals surface area contributed by atoms with E-state index in [0.717, 1.165) is 45.6 Å². The molecule has 2 amide bonds. The average Bonchev–Trinajstić information content (AvgIpc) is 3.75. The Morgan fingerprint density at radius 2 is 1.35 bits per heavy atom. The summed E-state index contributed by atoms with van der Waals surface area (Å²) in [6.45, 7) is 7.29. The van der Waals surface area contributed by atoms with E-state index in [9.17, 15) is 19.8 Å². The number of carbonyl (C=O) groups excluding carboxylic acids is 2. The van der Waals surface area contributed by atoms with Gasteiger partial charge in [0, 0.05) is 38.6 Å². The molecule has 4 heterocycles. The van der Waals surface area contributed by atoms with E-state index < -0.39 is 36.1 Å². The number of nitrogens with one attached hydrogen (secondary N) is 4. The third kappa shape index (κ3) is 9.17. The van der Waals surface area contributed by atoms with E-state index in [1.54, 1.807) is 10.9 Å². The number of anilines is 2. The van der Waals surface area contributed by atoms with E-state index in [-0.39, 0.29) is 12.3 Å². The van der Waals surface area contributed by atoms with E-state index in [1.165, 1.54) is 36.8 Å². The van der Waals surface area contributed by atoms with Gasteiger partial charge in [0.05, 0.1) is 18.4 Å². The van der Waals surface area contributed by atoms with Crippen LogP contribution >= 0.6 is 0 Å². The Balaban J connectivity index is 1.08. The average molecular weight is 739 g/mol. The summed E-state index contributed by atoms with van der Waals surface area (Å²) in [6.07, 6.45) is 6.45. The summed E-state index contributed by atoms with van der Waals surface area (Å²) in [6, 6.07) is 19.2. The van der Waals surface area contributed by atoms with E-state index in [4.69, 9.17) is 15.0 Å². The SMILES string of the molecule is O=C(NCCN1CCCCC1)C(=O)N[C@H]1CC(n2cnc3c(NCC(c4ccccc4)c4ccccc4)nc(NCCN4CCCCC4)nc32)[C@H](O)[C@@H]1O. The number of hydrogen-bond donors (Lipinski definition) is 6. The second-order valence-electron chi connectivity index (χ2n) is 14.8. The first-order valence-corrected chi connectivity index (χ1v) is 19.7. The molecule has 0 spiro atoms. The van der Waals surface area contributed by atoms with Crippen LogP contribution in [0, 0.1) is 0 Å². The van der Waals surface area contributed by atoms with E-state index in [2.05, 4.69) is 55.3 Å². The van der Waals surface area contributed by atoms with Crippen LogP contribution in [0.3, 0.4) is 0 Å². The van der Waals surface area contributed by atoms with Crippen LogP contribution in [-0.4, -0.2) is 128 Å². The molecule has 2 saturated heterocycles. The predicted molar refractivity (Wildman–Crippen MR) is 208 cm³/mol. The first kappa shape index (κ1) is 37.7. The van der Waals surface area contributed by atoms with Gasteiger partial charge < -0.3 is 45.8 Å². The highest BCUT2D eigenvalue weighted by Gasteiger charge is 2.44. The van der Waals surface area contributed by atoms with Crippen molar-refractivity contribution in [2.45, 2.75) is 75.2 Å². The molecule has 54 heavy (non-hydrogen) atoms. The summed E-state index contributed by atoms with van der Waals surface area (Å²) < 4.78 is 1.75. The molecule has 14 heteroatoms. The molecule has 4 atom stereocenters. The van der Waals surface area contributed by atoms with Gasteiger partial charge in [0.2, 0.25) is 5.95 Å². The quantitative estimate of drug-likeness (QED) is 0.105. The number of carbonyl (C=O) groups is 2. The lowest BCUT2D eigenvalue weighted by Gasteiger charge is -2.26. The predicted octanol–water partition coefficient (Wildman–Crippen LogP) is 2.72. The van der Waals surface area contributed by atoms with Crippen molar-refractivity contribution in [1.29, 1.82) is 0 Å². The van der Waals surface area contributed by atoms with Crippen LogP contribution in [0.2, 0.25) is 0 Å². The Hall–Kier alpha value is -4.63. The van der Waals surface area contributed by atoms with Gasteiger partial charge in [-0.3, -0.25) is 9.59 Å². The minimum atomic E-state index is -1.29. The molecule has 3 fully saturated rings. The first-order valence-electron chi connectivity index (χ1n) is 19.7. The lowest BCUT2D eigenvalue weighted by Crippen LogP contribution is -2.49. The van der Waals surface area contributed by atoms with Crippen LogP contribution in [0.5, 0.6) is 0 Å². The summed E-state index contributed by atoms with van der Waals surface area (Å²) in [5.74, 6) is -0.568. The second kappa shape index (κ2) is 18.1. The van der Waals surface area contributed by atoms with Crippen molar-refractivity contribution in [3.63, 3.8) is 0 Å². The smallest absolute Gasteiger partial charge is 0.309 e. The van der Waals surface area contributed by atoms with Gasteiger partial charge in [-0.2, -0.15) is 9.97 Å². The van der Waals surface area contributed by atoms with Gasteiger partial charge in [0.1, 0.15) is 12.2 Å². The molecule has 14 nitrogen and oxygen atoms in total. The molecular formula is C40H54N10O4. The summed E-state index contributed by atoms with van der Waals surface area (Å²) >= 11 is 0. The van der Waals surface area contributed by atoms with Crippen molar-refractivity contribution in [1.82, 2.24) is 40.0 Å². The van der Waals surface area contributed by atoms with Gasteiger partial charge in [-0.1, -0.05) is 73.5 Å². The van der Waals surface area contributed by atoms with Crippen LogP contribution < -0.4 is 21.3 Å². The largest absolute Gasteiger partial charge is 0.388 e. The Labute approximate surface area is 316 Å². The number of amides is 2. The Morgan fingerprint density at radius 1 is 0.741 bits per heavy atom. The number of aliphatic hydroxyl groups is 2. The van der Waals surface area contributed by atoms with E-state index in [1.807, 2.05) is 36.4 Å². The molecule has 1 unspecified atom stereocenters. The van der Waals surface area contributed by atoms with Gasteiger partial charge >= 0.3 is 11.8 Å². The fourth-order valence-corrected chi connectivity index (χ4v) is 8.12. The fraction of sp³-hybridized carbons (Fsp3) is 0.525. The normalized spacial score (nSPS) is 22.4. The molecular weight excluding hydrogens is 685 g/mol. The molecule has 7 rings (SSSR count). The molecule has 1 aliphatic carbocycles. The number of piperidine rings is 2.